The van der Waals surface area contributed by atoms with E-state index in [9.17, 15) is 23.1 Å². The number of carbonyl (C=O) groups excluding carboxylic acids is 1. The molecule has 31 heavy (non-hydrogen) atoms. The maximum Gasteiger partial charge on any atom is 0.335 e. The molecule has 0 saturated carbocycles. The first-order chi connectivity index (χ1) is 14.6. The molecule has 1 aliphatic rings. The lowest BCUT2D eigenvalue weighted by atomic mass is 9.99. The summed E-state index contributed by atoms with van der Waals surface area (Å²) in [6.07, 6.45) is 1.06. The summed E-state index contributed by atoms with van der Waals surface area (Å²) in [6, 6.07) is 9.04. The van der Waals surface area contributed by atoms with Gasteiger partial charge in [-0.25, -0.2) is 10.3 Å². The molecule has 3 rings (SSSR count). The molecule has 2 aromatic carbocycles. The van der Waals surface area contributed by atoms with E-state index in [1.54, 1.807) is 0 Å². The molecule has 1 atom stereocenters. The normalized spacial score (nSPS) is 18.4. The summed E-state index contributed by atoms with van der Waals surface area (Å²) in [4.78, 5) is 23.4. The first-order valence-corrected chi connectivity index (χ1v) is 10.9. The van der Waals surface area contributed by atoms with Crippen molar-refractivity contribution < 1.29 is 28.3 Å². The van der Waals surface area contributed by atoms with Crippen LogP contribution >= 0.6 is 23.2 Å². The zero-order valence-corrected chi connectivity index (χ0v) is 18.3. The first kappa shape index (κ1) is 23.0. The average molecular weight is 486 g/mol. The van der Waals surface area contributed by atoms with Crippen LogP contribution in [-0.4, -0.2) is 46.3 Å². The number of likely N-dealkylation sites (N-methyl/N-ethyl adjacent to an activating group) is 1. The summed E-state index contributed by atoms with van der Waals surface area (Å²) in [7, 11) is -2.84. The van der Waals surface area contributed by atoms with Crippen molar-refractivity contribution in [2.75, 3.05) is 7.05 Å². The topological polar surface area (TPSA) is 127 Å². The fraction of sp³-hybridized carbons (Fsp3) is 0.158. The number of nitrogens with one attached hydrogen (secondary N) is 1. The number of aliphatic carboxylic acids is 1. The number of nitrogens with zero attached hydrogens (tertiary/aromatic N) is 2. The van der Waals surface area contributed by atoms with Gasteiger partial charge in [-0.15, -0.1) is 0 Å². The lowest BCUT2D eigenvalue weighted by molar-refractivity contribution is -0.133. The Labute approximate surface area is 188 Å². The summed E-state index contributed by atoms with van der Waals surface area (Å²) in [5.41, 5.74) is 2.25. The highest BCUT2D eigenvalue weighted by Gasteiger charge is 2.42. The van der Waals surface area contributed by atoms with E-state index in [1.807, 2.05) is 0 Å². The van der Waals surface area contributed by atoms with E-state index in [0.29, 0.717) is 10.6 Å². The SMILES string of the molecule is CN1C(c2ccc(Cl)cc2Cl)C(C(=O)O)=CN(Cc2ccc(C(=O)NO)cc2)S1(=O)=O. The third-order valence-corrected chi connectivity index (χ3v) is 7.09. The van der Waals surface area contributed by atoms with Crippen molar-refractivity contribution in [2.45, 2.75) is 12.6 Å². The fourth-order valence-electron chi connectivity index (χ4n) is 3.18. The number of halogens is 2. The lowest BCUT2D eigenvalue weighted by Crippen LogP contribution is -2.46. The van der Waals surface area contributed by atoms with Crippen molar-refractivity contribution in [1.82, 2.24) is 14.1 Å². The molecule has 12 heteroatoms. The Morgan fingerprint density at radius 3 is 2.32 bits per heavy atom. The van der Waals surface area contributed by atoms with E-state index in [2.05, 4.69) is 0 Å². The molecular weight excluding hydrogens is 469 g/mol. The van der Waals surface area contributed by atoms with Crippen LogP contribution in [0.2, 0.25) is 10.0 Å². The number of carboxylic acid groups (broad SMARTS) is 1. The molecule has 0 radical (unpaired) electrons. The Morgan fingerprint density at radius 2 is 1.77 bits per heavy atom. The van der Waals surface area contributed by atoms with Crippen molar-refractivity contribution in [3.05, 3.63) is 81.0 Å². The molecule has 0 aromatic heterocycles. The van der Waals surface area contributed by atoms with Crippen LogP contribution in [0.5, 0.6) is 0 Å². The van der Waals surface area contributed by atoms with Crippen molar-refractivity contribution in [1.29, 1.82) is 0 Å². The molecule has 164 valence electrons. The summed E-state index contributed by atoms with van der Waals surface area (Å²) in [5, 5.41) is 18.9. The number of hydroxylamine groups is 1. The molecule has 1 amide bonds. The number of carbonyl (C=O) groups is 2. The number of rotatable bonds is 5. The Kier molecular flexibility index (Phi) is 6.58. The first-order valence-electron chi connectivity index (χ1n) is 8.74. The van der Waals surface area contributed by atoms with E-state index in [0.717, 1.165) is 14.8 Å². The van der Waals surface area contributed by atoms with E-state index < -0.39 is 28.1 Å². The molecule has 0 fully saturated rings. The highest BCUT2D eigenvalue weighted by atomic mass is 35.5. The zero-order valence-electron chi connectivity index (χ0n) is 16.0. The van der Waals surface area contributed by atoms with Gasteiger partial charge >= 0.3 is 16.2 Å². The molecule has 3 N–H and O–H groups in total. The average Bonchev–Trinajstić information content (AvgIpc) is 2.72. The summed E-state index contributed by atoms with van der Waals surface area (Å²) in [5.74, 6) is -2.02. The molecule has 1 unspecified atom stereocenters. The van der Waals surface area contributed by atoms with Gasteiger partial charge in [0.15, 0.2) is 0 Å². The van der Waals surface area contributed by atoms with Crippen LogP contribution in [0.4, 0.5) is 0 Å². The fourth-order valence-corrected chi connectivity index (χ4v) is 5.07. The summed E-state index contributed by atoms with van der Waals surface area (Å²) in [6.45, 7) is -0.175. The summed E-state index contributed by atoms with van der Waals surface area (Å²) < 4.78 is 28.1. The van der Waals surface area contributed by atoms with Gasteiger partial charge in [-0.3, -0.25) is 14.3 Å². The number of hydrogen-bond acceptors (Lipinski definition) is 5. The van der Waals surface area contributed by atoms with Gasteiger partial charge in [0, 0.05) is 28.9 Å². The number of amides is 1. The van der Waals surface area contributed by atoms with Gasteiger partial charge in [0.05, 0.1) is 18.2 Å². The lowest BCUT2D eigenvalue weighted by Gasteiger charge is -2.38. The quantitative estimate of drug-likeness (QED) is 0.441. The maximum absolute atomic E-state index is 13.1. The molecule has 0 saturated heterocycles. The van der Waals surface area contributed by atoms with E-state index >= 15 is 0 Å². The third kappa shape index (κ3) is 4.53. The van der Waals surface area contributed by atoms with E-state index in [4.69, 9.17) is 28.4 Å². The highest BCUT2D eigenvalue weighted by Crippen LogP contribution is 2.39. The van der Waals surface area contributed by atoms with Crippen LogP contribution in [0.15, 0.2) is 54.2 Å². The highest BCUT2D eigenvalue weighted by molar-refractivity contribution is 7.86. The minimum absolute atomic E-state index is 0.137. The minimum Gasteiger partial charge on any atom is -0.478 e. The molecule has 1 heterocycles. The third-order valence-electron chi connectivity index (χ3n) is 4.76. The van der Waals surface area contributed by atoms with Gasteiger partial charge in [0.2, 0.25) is 0 Å². The number of carboxylic acids is 1. The molecule has 0 aliphatic carbocycles. The second kappa shape index (κ2) is 8.85. The van der Waals surface area contributed by atoms with Gasteiger partial charge in [-0.2, -0.15) is 12.7 Å². The molecule has 9 nitrogen and oxygen atoms in total. The van der Waals surface area contributed by atoms with Gasteiger partial charge in [-0.05, 0) is 35.4 Å². The summed E-state index contributed by atoms with van der Waals surface area (Å²) >= 11 is 12.1. The van der Waals surface area contributed by atoms with Crippen LogP contribution in [0.25, 0.3) is 0 Å². The van der Waals surface area contributed by atoms with Gasteiger partial charge in [-0.1, -0.05) is 41.4 Å². The monoisotopic (exact) mass is 485 g/mol. The minimum atomic E-state index is -4.11. The van der Waals surface area contributed by atoms with Crippen LogP contribution in [0.1, 0.15) is 27.5 Å². The molecular formula is C19H17Cl2N3O6S. The van der Waals surface area contributed by atoms with E-state index in [1.165, 1.54) is 55.0 Å². The van der Waals surface area contributed by atoms with Crippen molar-refractivity contribution in [3.63, 3.8) is 0 Å². The number of benzene rings is 2. The van der Waals surface area contributed by atoms with Crippen LogP contribution in [0, 0.1) is 0 Å². The number of hydrogen-bond donors (Lipinski definition) is 3. The largest absolute Gasteiger partial charge is 0.478 e. The van der Waals surface area contributed by atoms with Gasteiger partial charge < -0.3 is 5.11 Å². The van der Waals surface area contributed by atoms with Gasteiger partial charge in [0.25, 0.3) is 5.91 Å². The van der Waals surface area contributed by atoms with Crippen molar-refractivity contribution in [3.8, 4) is 0 Å². The van der Waals surface area contributed by atoms with Crippen LogP contribution in [0.3, 0.4) is 0 Å². The van der Waals surface area contributed by atoms with Crippen LogP contribution in [-0.2, 0) is 21.5 Å². The van der Waals surface area contributed by atoms with E-state index in [-0.39, 0.29) is 28.3 Å². The Balaban J connectivity index is 2.02. The molecule has 1 aliphatic heterocycles. The van der Waals surface area contributed by atoms with Crippen molar-refractivity contribution in [2.24, 2.45) is 0 Å². The Bertz CT molecular complexity index is 1170. The second-order valence-electron chi connectivity index (χ2n) is 6.67. The Hall–Kier alpha value is -2.63. The Morgan fingerprint density at radius 1 is 1.13 bits per heavy atom. The standard InChI is InChI=1S/C19H17Cl2N3O6S/c1-23-17(14-7-6-13(20)8-16(14)21)15(19(26)27)10-24(31(23,29)30)9-11-2-4-12(5-3-11)18(25)22-28/h2-8,10,17,28H,9H2,1H3,(H,22,25)(H,26,27). The molecule has 0 bridgehead atoms. The molecule has 0 spiro atoms. The van der Waals surface area contributed by atoms with Crippen molar-refractivity contribution >= 4 is 45.3 Å². The predicted octanol–water partition coefficient (Wildman–Crippen LogP) is 2.81. The molecule has 2 aromatic rings. The smallest absolute Gasteiger partial charge is 0.335 e. The predicted molar refractivity (Wildman–Crippen MR) is 113 cm³/mol. The van der Waals surface area contributed by atoms with Gasteiger partial charge in [0.1, 0.15) is 0 Å². The second-order valence-corrected chi connectivity index (χ2v) is 9.45. The maximum atomic E-state index is 13.1. The van der Waals surface area contributed by atoms with Crippen LogP contribution < -0.4 is 5.48 Å². The zero-order chi connectivity index (χ0) is 22.9.